The predicted molar refractivity (Wildman–Crippen MR) is 115 cm³/mol. The highest BCUT2D eigenvalue weighted by Crippen LogP contribution is 2.43. The quantitative estimate of drug-likeness (QED) is 0.235. The second-order valence-electron chi connectivity index (χ2n) is 7.24. The Bertz CT molecular complexity index is 1210. The van der Waals surface area contributed by atoms with Crippen molar-refractivity contribution in [3.8, 4) is 23.8 Å². The summed E-state index contributed by atoms with van der Waals surface area (Å²) in [4.78, 5) is 20.9. The zero-order chi connectivity index (χ0) is 22.8. The SMILES string of the molecule is CCOc1cc(C2N=C(NC#N)Nc3nc(N)c(C#N)c(N)c32)ccc1OC(=O)C1CC1. The third-order valence-corrected chi connectivity index (χ3v) is 5.06. The lowest BCUT2D eigenvalue weighted by Gasteiger charge is -2.26. The van der Waals surface area contributed by atoms with E-state index in [1.165, 1.54) is 0 Å². The number of fused-ring (bicyclic) bond motifs is 1. The second kappa shape index (κ2) is 8.32. The number of nitriles is 2. The molecule has 0 radical (unpaired) electrons. The number of rotatable bonds is 5. The molecule has 1 aromatic carbocycles. The van der Waals surface area contributed by atoms with Crippen LogP contribution in [0.1, 0.15) is 42.5 Å². The van der Waals surface area contributed by atoms with E-state index in [-0.39, 0.29) is 40.7 Å². The first-order valence-electron chi connectivity index (χ1n) is 9.94. The molecule has 0 bridgehead atoms. The maximum Gasteiger partial charge on any atom is 0.314 e. The summed E-state index contributed by atoms with van der Waals surface area (Å²) in [6, 6.07) is 6.27. The van der Waals surface area contributed by atoms with E-state index in [0.717, 1.165) is 12.8 Å². The lowest BCUT2D eigenvalue weighted by molar-refractivity contribution is -0.135. The number of nitrogens with zero attached hydrogens (tertiary/aromatic N) is 4. The summed E-state index contributed by atoms with van der Waals surface area (Å²) in [5.74, 6) is 0.707. The lowest BCUT2D eigenvalue weighted by atomic mass is 9.95. The molecule has 2 aliphatic rings. The molecule has 1 aliphatic carbocycles. The number of benzene rings is 1. The van der Waals surface area contributed by atoms with Crippen LogP contribution in [0.3, 0.4) is 0 Å². The molecule has 11 nitrogen and oxygen atoms in total. The number of nitrogens with one attached hydrogen (secondary N) is 2. The number of aliphatic imine (C=N–C) groups is 1. The van der Waals surface area contributed by atoms with Gasteiger partial charge in [-0.3, -0.25) is 10.1 Å². The van der Waals surface area contributed by atoms with Gasteiger partial charge < -0.3 is 26.3 Å². The molecule has 0 spiro atoms. The van der Waals surface area contributed by atoms with E-state index in [2.05, 4.69) is 20.6 Å². The normalized spacial score (nSPS) is 16.5. The van der Waals surface area contributed by atoms with Crippen LogP contribution in [0.4, 0.5) is 17.3 Å². The summed E-state index contributed by atoms with van der Waals surface area (Å²) in [7, 11) is 0. The van der Waals surface area contributed by atoms with Crippen LogP contribution < -0.4 is 31.6 Å². The topological polar surface area (TPSA) is 184 Å². The number of pyridine rings is 1. The van der Waals surface area contributed by atoms with Gasteiger partial charge in [-0.05, 0) is 37.5 Å². The van der Waals surface area contributed by atoms with Crippen LogP contribution in [-0.4, -0.2) is 23.5 Å². The molecule has 1 aromatic heterocycles. The molecule has 0 saturated heterocycles. The number of hydrogen-bond donors (Lipinski definition) is 4. The molecule has 32 heavy (non-hydrogen) atoms. The highest BCUT2D eigenvalue weighted by atomic mass is 16.6. The summed E-state index contributed by atoms with van der Waals surface area (Å²) in [5, 5.41) is 23.8. The molecule has 6 N–H and O–H groups in total. The van der Waals surface area contributed by atoms with Crippen molar-refractivity contribution in [2.45, 2.75) is 25.8 Å². The van der Waals surface area contributed by atoms with Crippen LogP contribution in [0.2, 0.25) is 0 Å². The minimum atomic E-state index is -0.727. The van der Waals surface area contributed by atoms with Gasteiger partial charge in [-0.1, -0.05) is 6.07 Å². The number of ether oxygens (including phenoxy) is 2. The standard InChI is InChI=1S/C21H20N8O3/c1-2-31-14-7-11(5-6-13(14)32-20(30)10-3-4-10)17-15-16(24)12(8-22)18(25)28-19(15)29-21(27-17)26-9-23/h5-7,10,17H,2-4H2,1H3,(H6,24,25,26,27,28,29). The van der Waals surface area contributed by atoms with Gasteiger partial charge in [0.25, 0.3) is 0 Å². The van der Waals surface area contributed by atoms with Crippen molar-refractivity contribution in [3.05, 3.63) is 34.9 Å². The highest BCUT2D eigenvalue weighted by molar-refractivity contribution is 5.98. The molecule has 162 valence electrons. The molecule has 1 aliphatic heterocycles. The summed E-state index contributed by atoms with van der Waals surface area (Å²) in [5.41, 5.74) is 13.4. The zero-order valence-electron chi connectivity index (χ0n) is 17.2. The van der Waals surface area contributed by atoms with E-state index in [9.17, 15) is 10.1 Å². The zero-order valence-corrected chi connectivity index (χ0v) is 17.2. The number of hydrogen-bond acceptors (Lipinski definition) is 11. The first-order valence-corrected chi connectivity index (χ1v) is 9.94. The maximum atomic E-state index is 12.1. The van der Waals surface area contributed by atoms with Crippen molar-refractivity contribution in [1.29, 1.82) is 10.5 Å². The summed E-state index contributed by atoms with van der Waals surface area (Å²) in [6.45, 7) is 2.17. The monoisotopic (exact) mass is 432 g/mol. The summed E-state index contributed by atoms with van der Waals surface area (Å²) >= 11 is 0. The van der Waals surface area contributed by atoms with Crippen LogP contribution in [-0.2, 0) is 4.79 Å². The van der Waals surface area contributed by atoms with Gasteiger partial charge in [0.15, 0.2) is 17.7 Å². The van der Waals surface area contributed by atoms with E-state index in [1.807, 2.05) is 13.0 Å². The van der Waals surface area contributed by atoms with Gasteiger partial charge in [0, 0.05) is 5.56 Å². The Labute approximate surface area is 183 Å². The van der Waals surface area contributed by atoms with Crippen LogP contribution in [0.25, 0.3) is 0 Å². The molecule has 1 fully saturated rings. The third-order valence-electron chi connectivity index (χ3n) is 5.06. The van der Waals surface area contributed by atoms with Gasteiger partial charge in [0.05, 0.1) is 18.2 Å². The van der Waals surface area contributed by atoms with Gasteiger partial charge in [0.2, 0.25) is 5.96 Å². The van der Waals surface area contributed by atoms with Crippen molar-refractivity contribution in [1.82, 2.24) is 10.3 Å². The first-order chi connectivity index (χ1) is 15.5. The molecule has 11 heteroatoms. The first kappa shape index (κ1) is 20.8. The largest absolute Gasteiger partial charge is 0.490 e. The molecular formula is C21H20N8O3. The van der Waals surface area contributed by atoms with Gasteiger partial charge in [-0.25, -0.2) is 9.98 Å². The van der Waals surface area contributed by atoms with Crippen LogP contribution in [0.15, 0.2) is 23.2 Å². The fourth-order valence-electron chi connectivity index (χ4n) is 3.38. The number of esters is 1. The number of carbonyl (C=O) groups is 1. The van der Waals surface area contributed by atoms with E-state index in [0.29, 0.717) is 29.2 Å². The number of anilines is 3. The Kier molecular flexibility index (Phi) is 5.39. The number of guanidine groups is 1. The number of nitrogens with two attached hydrogens (primary N) is 2. The molecule has 1 unspecified atom stereocenters. The Balaban J connectivity index is 1.81. The number of carbonyl (C=O) groups excluding carboxylic acids is 1. The second-order valence-corrected chi connectivity index (χ2v) is 7.24. The Hall–Kier alpha value is -4.51. The molecular weight excluding hydrogens is 412 g/mol. The Morgan fingerprint density at radius 2 is 2.09 bits per heavy atom. The average Bonchev–Trinajstić information content (AvgIpc) is 3.60. The minimum absolute atomic E-state index is 0.0365. The van der Waals surface area contributed by atoms with Crippen molar-refractivity contribution < 1.29 is 14.3 Å². The predicted octanol–water partition coefficient (Wildman–Crippen LogP) is 1.77. The third kappa shape index (κ3) is 3.79. The van der Waals surface area contributed by atoms with Crippen LogP contribution in [0.5, 0.6) is 11.5 Å². The highest BCUT2D eigenvalue weighted by Gasteiger charge is 2.33. The number of aromatic nitrogens is 1. The fraction of sp³-hybridized carbons (Fsp3) is 0.286. The Morgan fingerprint density at radius 3 is 2.75 bits per heavy atom. The Morgan fingerprint density at radius 1 is 1.31 bits per heavy atom. The van der Waals surface area contributed by atoms with Crippen molar-refractivity contribution in [2.24, 2.45) is 10.9 Å². The minimum Gasteiger partial charge on any atom is -0.490 e. The molecule has 0 amide bonds. The van der Waals surface area contributed by atoms with E-state index in [1.54, 1.807) is 24.4 Å². The van der Waals surface area contributed by atoms with Crippen LogP contribution >= 0.6 is 0 Å². The van der Waals surface area contributed by atoms with Gasteiger partial charge >= 0.3 is 5.97 Å². The van der Waals surface area contributed by atoms with E-state index in [4.69, 9.17) is 26.2 Å². The van der Waals surface area contributed by atoms with Crippen molar-refractivity contribution >= 4 is 29.3 Å². The fourth-order valence-corrected chi connectivity index (χ4v) is 3.38. The summed E-state index contributed by atoms with van der Waals surface area (Å²) in [6.07, 6.45) is 3.46. The van der Waals surface area contributed by atoms with Crippen molar-refractivity contribution in [2.75, 3.05) is 23.4 Å². The maximum absolute atomic E-state index is 12.1. The molecule has 1 atom stereocenters. The van der Waals surface area contributed by atoms with Gasteiger partial charge in [-0.2, -0.15) is 10.5 Å². The molecule has 2 heterocycles. The van der Waals surface area contributed by atoms with Crippen molar-refractivity contribution in [3.63, 3.8) is 0 Å². The smallest absolute Gasteiger partial charge is 0.314 e. The molecule has 4 rings (SSSR count). The lowest BCUT2D eigenvalue weighted by Crippen LogP contribution is -2.32. The molecule has 1 saturated carbocycles. The van der Waals surface area contributed by atoms with Crippen LogP contribution in [0, 0.1) is 28.7 Å². The van der Waals surface area contributed by atoms with Gasteiger partial charge in [0.1, 0.15) is 29.3 Å². The van der Waals surface area contributed by atoms with E-state index >= 15 is 0 Å². The molecule has 2 aromatic rings. The average molecular weight is 432 g/mol. The number of nitrogen functional groups attached to an aromatic ring is 2. The van der Waals surface area contributed by atoms with E-state index < -0.39 is 6.04 Å². The van der Waals surface area contributed by atoms with Gasteiger partial charge in [-0.15, -0.1) is 0 Å². The summed E-state index contributed by atoms with van der Waals surface area (Å²) < 4.78 is 11.2.